The van der Waals surface area contributed by atoms with Crippen LogP contribution in [0.3, 0.4) is 0 Å². The minimum absolute atomic E-state index is 0.0883. The van der Waals surface area contributed by atoms with E-state index < -0.39 is 0 Å². The molecule has 2 rings (SSSR count). The van der Waals surface area contributed by atoms with E-state index in [1.807, 2.05) is 0 Å². The van der Waals surface area contributed by atoms with E-state index >= 15 is 0 Å². The molecule has 3 N–H and O–H groups in total. The molecular weight excluding hydrogens is 338 g/mol. The smallest absolute Gasteiger partial charge is 0.269 e. The lowest BCUT2D eigenvalue weighted by atomic mass is 10.2. The molecule has 8 nitrogen and oxygen atoms in total. The molecule has 1 aromatic carbocycles. The minimum atomic E-state index is -0.363. The van der Waals surface area contributed by atoms with E-state index in [4.69, 9.17) is 14.2 Å². The summed E-state index contributed by atoms with van der Waals surface area (Å²) in [6, 6.07) is 4.84. The largest absolute Gasteiger partial charge is 0.493 e. The number of ether oxygens (including phenoxy) is 3. The number of methoxy groups -OCH3 is 2. The summed E-state index contributed by atoms with van der Waals surface area (Å²) in [4.78, 5) is 24.0. The van der Waals surface area contributed by atoms with Crippen LogP contribution in [0.1, 0.15) is 30.1 Å². The van der Waals surface area contributed by atoms with Gasteiger partial charge < -0.3 is 25.0 Å². The Balaban J connectivity index is 1.82. The molecule has 1 atom stereocenters. The zero-order valence-electron chi connectivity index (χ0n) is 15.3. The summed E-state index contributed by atoms with van der Waals surface area (Å²) >= 11 is 0. The molecule has 2 amide bonds. The fraction of sp³-hybridized carbons (Fsp3) is 0.444. The molecule has 26 heavy (non-hydrogen) atoms. The first-order valence-corrected chi connectivity index (χ1v) is 8.39. The number of amides is 2. The van der Waals surface area contributed by atoms with Gasteiger partial charge in [0, 0.05) is 30.5 Å². The van der Waals surface area contributed by atoms with Crippen molar-refractivity contribution in [3.8, 4) is 11.5 Å². The average molecular weight is 363 g/mol. The Morgan fingerprint density at radius 1 is 1.23 bits per heavy atom. The second kappa shape index (κ2) is 9.67. The van der Waals surface area contributed by atoms with Crippen LogP contribution in [0.25, 0.3) is 0 Å². The second-order valence-corrected chi connectivity index (χ2v) is 5.86. The number of carbonyl (C=O) groups is 2. The fourth-order valence-electron chi connectivity index (χ4n) is 2.51. The highest BCUT2D eigenvalue weighted by atomic mass is 16.5. The van der Waals surface area contributed by atoms with Crippen molar-refractivity contribution in [1.29, 1.82) is 0 Å². The van der Waals surface area contributed by atoms with E-state index in [-0.39, 0.29) is 17.9 Å². The summed E-state index contributed by atoms with van der Waals surface area (Å²) in [5.74, 6) is 0.390. The molecule has 0 radical (unpaired) electrons. The molecule has 0 aliphatic carbocycles. The van der Waals surface area contributed by atoms with Crippen molar-refractivity contribution in [1.82, 2.24) is 16.2 Å². The number of nitrogens with one attached hydrogen (secondary N) is 3. The number of benzene rings is 1. The predicted molar refractivity (Wildman–Crippen MR) is 95.9 cm³/mol. The third-order valence-corrected chi connectivity index (χ3v) is 3.89. The topological polar surface area (TPSA) is 97.9 Å². The first-order chi connectivity index (χ1) is 12.5. The number of hydrogen-bond donors (Lipinski definition) is 3. The van der Waals surface area contributed by atoms with Gasteiger partial charge in [0.05, 0.1) is 20.3 Å². The maximum atomic E-state index is 12.2. The van der Waals surface area contributed by atoms with Crippen LogP contribution in [-0.2, 0) is 9.53 Å². The first-order valence-electron chi connectivity index (χ1n) is 8.39. The Kier molecular flexibility index (Phi) is 7.28. The van der Waals surface area contributed by atoms with Crippen molar-refractivity contribution < 1.29 is 23.8 Å². The predicted octanol–water partition coefficient (Wildman–Crippen LogP) is 1.14. The Labute approximate surface area is 152 Å². The summed E-state index contributed by atoms with van der Waals surface area (Å²) in [5, 5.41) is 2.78. The number of hydrogen-bond acceptors (Lipinski definition) is 6. The zero-order valence-corrected chi connectivity index (χ0v) is 15.3. The van der Waals surface area contributed by atoms with Crippen molar-refractivity contribution in [2.75, 3.05) is 27.4 Å². The van der Waals surface area contributed by atoms with Crippen LogP contribution in [-0.4, -0.2) is 45.3 Å². The molecule has 0 spiro atoms. The third-order valence-electron chi connectivity index (χ3n) is 3.89. The van der Waals surface area contributed by atoms with Gasteiger partial charge in [-0.2, -0.15) is 0 Å². The monoisotopic (exact) mass is 363 g/mol. The summed E-state index contributed by atoms with van der Waals surface area (Å²) in [5.41, 5.74) is 6.13. The highest BCUT2D eigenvalue weighted by Gasteiger charge is 2.15. The molecule has 1 aromatic rings. The standard InChI is InChI=1S/C18H25N3O5/c1-12(9-17(22)19-11-14-5-4-8-26-14)20-21-18(23)13-6-7-15(24-2)16(10-13)25-3/h6-7,9-10,14,20H,4-5,8,11H2,1-3H3,(H,19,22)(H,21,23)/b12-9+/t14-/m1/s1. The van der Waals surface area contributed by atoms with Gasteiger partial charge in [0.2, 0.25) is 5.91 Å². The summed E-state index contributed by atoms with van der Waals surface area (Å²) in [7, 11) is 3.02. The van der Waals surface area contributed by atoms with Gasteiger partial charge in [0.1, 0.15) is 0 Å². The van der Waals surface area contributed by atoms with Crippen LogP contribution in [0.15, 0.2) is 30.0 Å². The summed E-state index contributed by atoms with van der Waals surface area (Å²) in [6.07, 6.45) is 3.45. The van der Waals surface area contributed by atoms with Crippen LogP contribution >= 0.6 is 0 Å². The fourth-order valence-corrected chi connectivity index (χ4v) is 2.51. The number of rotatable bonds is 8. The Bertz CT molecular complexity index is 669. The second-order valence-electron chi connectivity index (χ2n) is 5.86. The number of carbonyl (C=O) groups excluding carboxylic acids is 2. The van der Waals surface area contributed by atoms with E-state index in [0.29, 0.717) is 29.3 Å². The van der Waals surface area contributed by atoms with Gasteiger partial charge in [-0.15, -0.1) is 0 Å². The highest BCUT2D eigenvalue weighted by molar-refractivity contribution is 5.94. The Hall–Kier alpha value is -2.74. The molecule has 0 saturated carbocycles. The lowest BCUT2D eigenvalue weighted by Crippen LogP contribution is -2.37. The molecule has 0 unspecified atom stereocenters. The summed E-state index contributed by atoms with van der Waals surface area (Å²) in [6.45, 7) is 2.92. The lowest BCUT2D eigenvalue weighted by Gasteiger charge is -2.12. The van der Waals surface area contributed by atoms with Crippen LogP contribution in [0.2, 0.25) is 0 Å². The third kappa shape index (κ3) is 5.66. The van der Waals surface area contributed by atoms with Gasteiger partial charge in [-0.1, -0.05) is 0 Å². The van der Waals surface area contributed by atoms with Crippen molar-refractivity contribution in [2.24, 2.45) is 0 Å². The molecule has 8 heteroatoms. The van der Waals surface area contributed by atoms with Crippen molar-refractivity contribution >= 4 is 11.8 Å². The highest BCUT2D eigenvalue weighted by Crippen LogP contribution is 2.27. The molecule has 1 aliphatic heterocycles. The van der Waals surface area contributed by atoms with E-state index in [1.54, 1.807) is 25.1 Å². The molecule has 1 heterocycles. The first kappa shape index (κ1) is 19.6. The molecule has 1 saturated heterocycles. The maximum absolute atomic E-state index is 12.2. The number of hydrazine groups is 1. The van der Waals surface area contributed by atoms with Crippen LogP contribution in [0.5, 0.6) is 11.5 Å². The van der Waals surface area contributed by atoms with Crippen LogP contribution in [0, 0.1) is 0 Å². The quantitative estimate of drug-likeness (QED) is 0.473. The van der Waals surface area contributed by atoms with Crippen molar-refractivity contribution in [2.45, 2.75) is 25.9 Å². The van der Waals surface area contributed by atoms with Gasteiger partial charge in [-0.25, -0.2) is 0 Å². The molecule has 0 aromatic heterocycles. The van der Waals surface area contributed by atoms with Gasteiger partial charge in [-0.05, 0) is 38.0 Å². The molecule has 0 bridgehead atoms. The molecule has 1 fully saturated rings. The van der Waals surface area contributed by atoms with Crippen LogP contribution < -0.4 is 25.6 Å². The van der Waals surface area contributed by atoms with E-state index in [9.17, 15) is 9.59 Å². The van der Waals surface area contributed by atoms with E-state index in [0.717, 1.165) is 19.4 Å². The maximum Gasteiger partial charge on any atom is 0.269 e. The number of allylic oxidation sites excluding steroid dienone is 1. The summed E-state index contributed by atoms with van der Waals surface area (Å²) < 4.78 is 15.8. The lowest BCUT2D eigenvalue weighted by molar-refractivity contribution is -0.117. The van der Waals surface area contributed by atoms with E-state index in [2.05, 4.69) is 16.2 Å². The SMILES string of the molecule is COc1ccc(C(=O)NN/C(C)=C/C(=O)NC[C@H]2CCCO2)cc1OC. The van der Waals surface area contributed by atoms with Crippen molar-refractivity contribution in [3.63, 3.8) is 0 Å². The molecular formula is C18H25N3O5. The van der Waals surface area contributed by atoms with Crippen LogP contribution in [0.4, 0.5) is 0 Å². The Morgan fingerprint density at radius 2 is 2.00 bits per heavy atom. The normalized spacial score (nSPS) is 16.7. The minimum Gasteiger partial charge on any atom is -0.493 e. The van der Waals surface area contributed by atoms with E-state index in [1.165, 1.54) is 20.3 Å². The molecule has 1 aliphatic rings. The van der Waals surface area contributed by atoms with Gasteiger partial charge in [-0.3, -0.25) is 15.0 Å². The van der Waals surface area contributed by atoms with Crippen molar-refractivity contribution in [3.05, 3.63) is 35.5 Å². The molecule has 142 valence electrons. The van der Waals surface area contributed by atoms with Gasteiger partial charge in [0.15, 0.2) is 11.5 Å². The zero-order chi connectivity index (χ0) is 18.9. The average Bonchev–Trinajstić information content (AvgIpc) is 3.17. The van der Waals surface area contributed by atoms with Gasteiger partial charge in [0.25, 0.3) is 5.91 Å². The van der Waals surface area contributed by atoms with Gasteiger partial charge >= 0.3 is 0 Å². The Morgan fingerprint density at radius 3 is 2.65 bits per heavy atom.